The summed E-state index contributed by atoms with van der Waals surface area (Å²) in [6, 6.07) is 8.66. The van der Waals surface area contributed by atoms with E-state index in [9.17, 15) is 0 Å². The Balaban J connectivity index is 2.03. The van der Waals surface area contributed by atoms with Crippen LogP contribution in [0, 0.1) is 5.92 Å². The molecule has 1 heterocycles. The molecule has 18 heavy (non-hydrogen) atoms. The van der Waals surface area contributed by atoms with Gasteiger partial charge >= 0.3 is 0 Å². The molecule has 3 heteroatoms. The average Bonchev–Trinajstić information content (AvgIpc) is 2.92. The standard InChI is InChI=1S/C15H18N2O/c1-3-16-13-9-18-17-15(13)14-10(2)8-11-6-4-5-7-12(11)14/h4-7,9-10,14,16H,3,8H2,1-2H3. The molecule has 0 bridgehead atoms. The molecule has 0 fully saturated rings. The molecular formula is C15H18N2O. The summed E-state index contributed by atoms with van der Waals surface area (Å²) in [5.41, 5.74) is 4.93. The summed E-state index contributed by atoms with van der Waals surface area (Å²) < 4.78 is 5.16. The maximum Gasteiger partial charge on any atom is 0.147 e. The zero-order valence-electron chi connectivity index (χ0n) is 10.8. The van der Waals surface area contributed by atoms with Crippen LogP contribution in [-0.2, 0) is 6.42 Å². The van der Waals surface area contributed by atoms with Crippen molar-refractivity contribution in [3.63, 3.8) is 0 Å². The van der Waals surface area contributed by atoms with Gasteiger partial charge in [-0.15, -0.1) is 0 Å². The van der Waals surface area contributed by atoms with Crippen molar-refractivity contribution < 1.29 is 4.52 Å². The summed E-state index contributed by atoms with van der Waals surface area (Å²) in [7, 11) is 0. The molecule has 3 nitrogen and oxygen atoms in total. The van der Waals surface area contributed by atoms with Gasteiger partial charge in [0.2, 0.25) is 0 Å². The molecule has 1 aromatic heterocycles. The Labute approximate surface area is 107 Å². The minimum atomic E-state index is 0.356. The zero-order chi connectivity index (χ0) is 12.5. The molecule has 3 rings (SSSR count). The number of benzene rings is 1. The van der Waals surface area contributed by atoms with Gasteiger partial charge in [-0.2, -0.15) is 0 Å². The Kier molecular flexibility index (Phi) is 2.82. The van der Waals surface area contributed by atoms with E-state index >= 15 is 0 Å². The van der Waals surface area contributed by atoms with Gasteiger partial charge in [0.05, 0.1) is 5.69 Å². The third-order valence-corrected chi connectivity index (χ3v) is 3.76. The number of hydrogen-bond acceptors (Lipinski definition) is 3. The van der Waals surface area contributed by atoms with Gasteiger partial charge in [0.25, 0.3) is 0 Å². The van der Waals surface area contributed by atoms with E-state index in [4.69, 9.17) is 4.52 Å². The van der Waals surface area contributed by atoms with Crippen molar-refractivity contribution in [2.24, 2.45) is 5.92 Å². The molecule has 0 aliphatic heterocycles. The minimum Gasteiger partial charge on any atom is -0.381 e. The van der Waals surface area contributed by atoms with E-state index < -0.39 is 0 Å². The number of fused-ring (bicyclic) bond motifs is 1. The normalized spacial score (nSPS) is 21.9. The molecular weight excluding hydrogens is 224 g/mol. The fourth-order valence-corrected chi connectivity index (χ4v) is 3.00. The Bertz CT molecular complexity index is 547. The third-order valence-electron chi connectivity index (χ3n) is 3.76. The molecule has 0 spiro atoms. The van der Waals surface area contributed by atoms with Crippen LogP contribution in [-0.4, -0.2) is 11.7 Å². The molecule has 0 saturated heterocycles. The monoisotopic (exact) mass is 242 g/mol. The summed E-state index contributed by atoms with van der Waals surface area (Å²) in [4.78, 5) is 0. The summed E-state index contributed by atoms with van der Waals surface area (Å²) in [5.74, 6) is 0.930. The van der Waals surface area contributed by atoms with Gasteiger partial charge in [0.1, 0.15) is 12.0 Å². The van der Waals surface area contributed by atoms with Crippen LogP contribution in [0.4, 0.5) is 5.69 Å². The predicted molar refractivity (Wildman–Crippen MR) is 71.8 cm³/mol. The van der Waals surface area contributed by atoms with Gasteiger partial charge < -0.3 is 9.84 Å². The van der Waals surface area contributed by atoms with Crippen LogP contribution in [0.15, 0.2) is 35.1 Å². The second-order valence-electron chi connectivity index (χ2n) is 5.00. The number of aromatic nitrogens is 1. The molecule has 2 atom stereocenters. The molecule has 2 aromatic rings. The van der Waals surface area contributed by atoms with E-state index in [-0.39, 0.29) is 0 Å². The van der Waals surface area contributed by atoms with E-state index in [1.807, 2.05) is 0 Å². The van der Waals surface area contributed by atoms with Crippen molar-refractivity contribution in [3.8, 4) is 0 Å². The van der Waals surface area contributed by atoms with Crippen LogP contribution < -0.4 is 5.32 Å². The smallest absolute Gasteiger partial charge is 0.147 e. The Hall–Kier alpha value is -1.77. The van der Waals surface area contributed by atoms with E-state index in [0.29, 0.717) is 11.8 Å². The van der Waals surface area contributed by atoms with Crippen molar-refractivity contribution in [1.82, 2.24) is 5.16 Å². The maximum atomic E-state index is 5.16. The topological polar surface area (TPSA) is 38.1 Å². The molecule has 1 N–H and O–H groups in total. The highest BCUT2D eigenvalue weighted by Gasteiger charge is 2.33. The lowest BCUT2D eigenvalue weighted by atomic mass is 9.90. The van der Waals surface area contributed by atoms with Crippen molar-refractivity contribution in [2.45, 2.75) is 26.2 Å². The number of nitrogens with one attached hydrogen (secondary N) is 1. The van der Waals surface area contributed by atoms with Gasteiger partial charge in [-0.3, -0.25) is 0 Å². The quantitative estimate of drug-likeness (QED) is 0.896. The van der Waals surface area contributed by atoms with Gasteiger partial charge in [-0.05, 0) is 30.4 Å². The fourth-order valence-electron chi connectivity index (χ4n) is 3.00. The molecule has 0 saturated carbocycles. The number of anilines is 1. The Morgan fingerprint density at radius 1 is 1.39 bits per heavy atom. The van der Waals surface area contributed by atoms with Crippen LogP contribution >= 0.6 is 0 Å². The van der Waals surface area contributed by atoms with Gasteiger partial charge in [0, 0.05) is 12.5 Å². The van der Waals surface area contributed by atoms with Crippen LogP contribution in [0.2, 0.25) is 0 Å². The molecule has 94 valence electrons. The third kappa shape index (κ3) is 1.70. The van der Waals surface area contributed by atoms with Gasteiger partial charge in [-0.1, -0.05) is 36.3 Å². The maximum absolute atomic E-state index is 5.16. The average molecular weight is 242 g/mol. The molecule has 1 aliphatic rings. The summed E-state index contributed by atoms with van der Waals surface area (Å²) in [5, 5.41) is 7.56. The molecule has 0 radical (unpaired) electrons. The summed E-state index contributed by atoms with van der Waals surface area (Å²) >= 11 is 0. The zero-order valence-corrected chi connectivity index (χ0v) is 10.8. The van der Waals surface area contributed by atoms with Crippen molar-refractivity contribution >= 4 is 5.69 Å². The molecule has 1 aromatic carbocycles. The largest absolute Gasteiger partial charge is 0.381 e. The minimum absolute atomic E-state index is 0.356. The lowest BCUT2D eigenvalue weighted by molar-refractivity contribution is 0.400. The fraction of sp³-hybridized carbons (Fsp3) is 0.400. The van der Waals surface area contributed by atoms with Gasteiger partial charge in [-0.25, -0.2) is 0 Å². The summed E-state index contributed by atoms with van der Waals surface area (Å²) in [6.45, 7) is 5.26. The van der Waals surface area contributed by atoms with Crippen LogP contribution in [0.25, 0.3) is 0 Å². The number of rotatable bonds is 3. The molecule has 0 amide bonds. The highest BCUT2D eigenvalue weighted by atomic mass is 16.5. The van der Waals surface area contributed by atoms with Crippen molar-refractivity contribution in [3.05, 3.63) is 47.3 Å². The number of hydrogen-bond donors (Lipinski definition) is 1. The van der Waals surface area contributed by atoms with Crippen LogP contribution in [0.5, 0.6) is 0 Å². The summed E-state index contributed by atoms with van der Waals surface area (Å²) in [6.07, 6.45) is 2.84. The molecule has 1 aliphatic carbocycles. The SMILES string of the molecule is CCNc1conc1C1c2ccccc2CC1C. The lowest BCUT2D eigenvalue weighted by Gasteiger charge is -2.15. The highest BCUT2D eigenvalue weighted by molar-refractivity contribution is 5.52. The first-order valence-electron chi connectivity index (χ1n) is 6.57. The van der Waals surface area contributed by atoms with Crippen LogP contribution in [0.3, 0.4) is 0 Å². The first-order valence-corrected chi connectivity index (χ1v) is 6.57. The van der Waals surface area contributed by atoms with E-state index in [0.717, 1.165) is 24.3 Å². The second-order valence-corrected chi connectivity index (χ2v) is 5.00. The predicted octanol–water partition coefficient (Wildman–Crippen LogP) is 3.43. The highest BCUT2D eigenvalue weighted by Crippen LogP contribution is 2.43. The van der Waals surface area contributed by atoms with E-state index in [2.05, 4.69) is 48.6 Å². The van der Waals surface area contributed by atoms with Gasteiger partial charge in [0.15, 0.2) is 0 Å². The Morgan fingerprint density at radius 2 is 2.22 bits per heavy atom. The van der Waals surface area contributed by atoms with Crippen LogP contribution in [0.1, 0.15) is 36.6 Å². The first-order chi connectivity index (χ1) is 8.81. The van der Waals surface area contributed by atoms with E-state index in [1.165, 1.54) is 11.1 Å². The van der Waals surface area contributed by atoms with Crippen molar-refractivity contribution in [1.29, 1.82) is 0 Å². The van der Waals surface area contributed by atoms with E-state index in [1.54, 1.807) is 6.26 Å². The molecule has 2 unspecified atom stereocenters. The first kappa shape index (κ1) is 11.3. The number of nitrogens with zero attached hydrogens (tertiary/aromatic N) is 1. The second kappa shape index (κ2) is 4.48. The Morgan fingerprint density at radius 3 is 3.06 bits per heavy atom. The van der Waals surface area contributed by atoms with Crippen molar-refractivity contribution in [2.75, 3.05) is 11.9 Å². The lowest BCUT2D eigenvalue weighted by Crippen LogP contribution is -2.09.